The topological polar surface area (TPSA) is 15.7 Å². The van der Waals surface area contributed by atoms with Gasteiger partial charge in [-0.1, -0.05) is 12.1 Å². The molecule has 0 N–H and O–H groups in total. The lowest BCUT2D eigenvalue weighted by Crippen LogP contribution is -2.46. The second kappa shape index (κ2) is 6.59. The van der Waals surface area contributed by atoms with Crippen molar-refractivity contribution in [1.82, 2.24) is 4.90 Å². The smallest absolute Gasteiger partial charge is 0.142 e. The van der Waals surface area contributed by atoms with Crippen LogP contribution in [-0.4, -0.2) is 51.4 Å². The van der Waals surface area contributed by atoms with Crippen molar-refractivity contribution < 1.29 is 9.13 Å². The van der Waals surface area contributed by atoms with Crippen molar-refractivity contribution in [2.45, 2.75) is 6.42 Å². The minimum absolute atomic E-state index is 0.216. The van der Waals surface area contributed by atoms with Gasteiger partial charge >= 0.3 is 0 Å². The minimum Gasteiger partial charge on any atom is -0.495 e. The maximum Gasteiger partial charge on any atom is 0.142 e. The average molecular weight is 251 g/mol. The predicted octanol–water partition coefficient (Wildman–Crippen LogP) is 2.18. The molecule has 1 saturated heterocycles. The fourth-order valence-corrected chi connectivity index (χ4v) is 2.39. The summed E-state index contributed by atoms with van der Waals surface area (Å²) in [5.74, 6) is 0.926. The summed E-state index contributed by atoms with van der Waals surface area (Å²) in [5.41, 5.74) is 1.16. The fourth-order valence-electron chi connectivity index (χ4n) is 2.39. The van der Waals surface area contributed by atoms with Crippen LogP contribution in [0.1, 0.15) is 6.42 Å². The zero-order chi connectivity index (χ0) is 12.8. The summed E-state index contributed by atoms with van der Waals surface area (Å²) in [4.78, 5) is 4.66. The van der Waals surface area contributed by atoms with E-state index in [1.807, 2.05) is 18.2 Å². The SMILES string of the molecule is COc1ccccc1N1CCN(CCC[18F])CC1. The molecule has 1 aromatic carbocycles. The van der Waals surface area contributed by atoms with Gasteiger partial charge in [0.2, 0.25) is 0 Å². The van der Waals surface area contributed by atoms with Gasteiger partial charge in [-0.2, -0.15) is 0 Å². The monoisotopic (exact) mass is 251 g/mol. The first-order chi connectivity index (χ1) is 8.85. The van der Waals surface area contributed by atoms with E-state index < -0.39 is 0 Å². The number of rotatable bonds is 5. The van der Waals surface area contributed by atoms with Gasteiger partial charge < -0.3 is 9.64 Å². The quantitative estimate of drug-likeness (QED) is 0.797. The summed E-state index contributed by atoms with van der Waals surface area (Å²) in [7, 11) is 1.70. The summed E-state index contributed by atoms with van der Waals surface area (Å²) >= 11 is 0. The average Bonchev–Trinajstić information content (AvgIpc) is 2.45. The fraction of sp³-hybridized carbons (Fsp3) is 0.571. The number of hydrogen-bond acceptors (Lipinski definition) is 3. The van der Waals surface area contributed by atoms with Gasteiger partial charge in [-0.25, -0.2) is 0 Å². The van der Waals surface area contributed by atoms with Crippen molar-refractivity contribution in [1.29, 1.82) is 0 Å². The molecule has 1 aromatic rings. The number of anilines is 1. The van der Waals surface area contributed by atoms with E-state index in [1.165, 1.54) is 0 Å². The zero-order valence-electron chi connectivity index (χ0n) is 10.9. The number of benzene rings is 1. The van der Waals surface area contributed by atoms with Crippen LogP contribution >= 0.6 is 0 Å². The van der Waals surface area contributed by atoms with E-state index in [0.29, 0.717) is 6.42 Å². The largest absolute Gasteiger partial charge is 0.495 e. The lowest BCUT2D eigenvalue weighted by molar-refractivity contribution is 0.244. The molecule has 0 bridgehead atoms. The zero-order valence-corrected chi connectivity index (χ0v) is 10.9. The van der Waals surface area contributed by atoms with Crippen LogP contribution in [0.2, 0.25) is 0 Å². The predicted molar refractivity (Wildman–Crippen MR) is 72.2 cm³/mol. The molecular weight excluding hydrogens is 230 g/mol. The van der Waals surface area contributed by atoms with Crippen LogP contribution in [0.15, 0.2) is 24.3 Å². The van der Waals surface area contributed by atoms with Crippen molar-refractivity contribution in [2.24, 2.45) is 0 Å². The van der Waals surface area contributed by atoms with Gasteiger partial charge in [0, 0.05) is 32.7 Å². The Bertz CT molecular complexity index is 365. The number of para-hydroxylation sites is 2. The standard InChI is InChI=1S/C14H21FN2O/c1-18-14-6-3-2-5-13(14)17-11-9-16(10-12-17)8-4-7-15/h2-3,5-6H,4,7-12H2,1H3/i15-1. The van der Waals surface area contributed by atoms with E-state index in [1.54, 1.807) is 7.11 Å². The summed E-state index contributed by atoms with van der Waals surface area (Å²) in [6.07, 6.45) is 0.647. The normalized spacial score (nSPS) is 16.9. The van der Waals surface area contributed by atoms with Crippen LogP contribution in [0.25, 0.3) is 0 Å². The molecule has 0 radical (unpaired) electrons. The van der Waals surface area contributed by atoms with Crippen molar-refractivity contribution in [2.75, 3.05) is 51.4 Å². The lowest BCUT2D eigenvalue weighted by atomic mass is 10.2. The third-order valence-electron chi connectivity index (χ3n) is 3.41. The number of ether oxygens (including phenoxy) is 1. The molecular formula is C14H21FN2O. The number of nitrogens with zero attached hydrogens (tertiary/aromatic N) is 2. The molecule has 0 aliphatic carbocycles. The first kappa shape index (κ1) is 13.1. The van der Waals surface area contributed by atoms with E-state index in [0.717, 1.165) is 44.2 Å². The molecule has 1 fully saturated rings. The Morgan fingerprint density at radius 1 is 1.17 bits per heavy atom. The second-order valence-corrected chi connectivity index (χ2v) is 4.54. The Morgan fingerprint density at radius 2 is 1.89 bits per heavy atom. The molecule has 18 heavy (non-hydrogen) atoms. The van der Waals surface area contributed by atoms with Crippen LogP contribution in [0.5, 0.6) is 5.75 Å². The van der Waals surface area contributed by atoms with Crippen LogP contribution in [0, 0.1) is 0 Å². The van der Waals surface area contributed by atoms with E-state index in [2.05, 4.69) is 15.9 Å². The number of methoxy groups -OCH3 is 1. The minimum atomic E-state index is -0.216. The molecule has 1 aliphatic heterocycles. The highest BCUT2D eigenvalue weighted by Gasteiger charge is 2.18. The number of hydrogen-bond donors (Lipinski definition) is 0. The van der Waals surface area contributed by atoms with Gasteiger partial charge in [-0.3, -0.25) is 9.29 Å². The Kier molecular flexibility index (Phi) is 4.81. The van der Waals surface area contributed by atoms with E-state index in [-0.39, 0.29) is 6.67 Å². The first-order valence-corrected chi connectivity index (χ1v) is 6.51. The molecule has 1 aliphatic rings. The molecule has 100 valence electrons. The highest BCUT2D eigenvalue weighted by atomic mass is 18.2. The van der Waals surface area contributed by atoms with Crippen molar-refractivity contribution in [3.63, 3.8) is 0 Å². The molecule has 3 nitrogen and oxygen atoms in total. The molecule has 1 heterocycles. The van der Waals surface area contributed by atoms with Crippen molar-refractivity contribution >= 4 is 5.69 Å². The van der Waals surface area contributed by atoms with Crippen LogP contribution in [-0.2, 0) is 0 Å². The molecule has 0 amide bonds. The first-order valence-electron chi connectivity index (χ1n) is 6.51. The molecule has 0 unspecified atom stereocenters. The number of halogens is 1. The summed E-state index contributed by atoms with van der Waals surface area (Å²) in [6, 6.07) is 8.11. The van der Waals surface area contributed by atoms with E-state index in [9.17, 15) is 4.39 Å². The van der Waals surface area contributed by atoms with E-state index in [4.69, 9.17) is 4.74 Å². The third-order valence-corrected chi connectivity index (χ3v) is 3.41. The Morgan fingerprint density at radius 3 is 2.56 bits per heavy atom. The third kappa shape index (κ3) is 3.13. The molecule has 4 heteroatoms. The van der Waals surface area contributed by atoms with Gasteiger partial charge in [-0.05, 0) is 18.6 Å². The van der Waals surface area contributed by atoms with Crippen LogP contribution < -0.4 is 9.64 Å². The molecule has 0 saturated carbocycles. The summed E-state index contributed by atoms with van der Waals surface area (Å²) < 4.78 is 17.5. The van der Waals surface area contributed by atoms with Gasteiger partial charge in [-0.15, -0.1) is 0 Å². The highest BCUT2D eigenvalue weighted by Crippen LogP contribution is 2.28. The second-order valence-electron chi connectivity index (χ2n) is 4.54. The van der Waals surface area contributed by atoms with E-state index >= 15 is 0 Å². The Balaban J connectivity index is 1.92. The Labute approximate surface area is 108 Å². The van der Waals surface area contributed by atoms with Gasteiger partial charge in [0.1, 0.15) is 5.75 Å². The van der Waals surface area contributed by atoms with Gasteiger partial charge in [0.25, 0.3) is 0 Å². The molecule has 0 aromatic heterocycles. The van der Waals surface area contributed by atoms with Crippen LogP contribution in [0.3, 0.4) is 0 Å². The maximum absolute atomic E-state index is 12.1. The molecule has 0 atom stereocenters. The molecule has 2 rings (SSSR count). The van der Waals surface area contributed by atoms with Gasteiger partial charge in [0.15, 0.2) is 0 Å². The Hall–Kier alpha value is -1.29. The van der Waals surface area contributed by atoms with Crippen molar-refractivity contribution in [3.8, 4) is 5.75 Å². The number of alkyl halides is 1. The molecule has 0 spiro atoms. The highest BCUT2D eigenvalue weighted by molar-refractivity contribution is 5.58. The van der Waals surface area contributed by atoms with Crippen LogP contribution in [0.4, 0.5) is 10.1 Å². The summed E-state index contributed by atoms with van der Waals surface area (Å²) in [6.45, 7) is 4.61. The van der Waals surface area contributed by atoms with Gasteiger partial charge in [0.05, 0.1) is 19.5 Å². The maximum atomic E-state index is 12.1. The van der Waals surface area contributed by atoms with Crippen molar-refractivity contribution in [3.05, 3.63) is 24.3 Å². The number of piperazine rings is 1. The lowest BCUT2D eigenvalue weighted by Gasteiger charge is -2.36. The summed E-state index contributed by atoms with van der Waals surface area (Å²) in [5, 5.41) is 0.